The molecule has 0 fully saturated rings. The van der Waals surface area contributed by atoms with Crippen molar-refractivity contribution in [3.63, 3.8) is 0 Å². The standard InChI is InChI=1S/C9H18O3/c1-2-3-8(6-11)9(7-12)4-5-10/h4,8,10-12H,2-3,5-7H2,1H3. The van der Waals surface area contributed by atoms with Crippen LogP contribution < -0.4 is 0 Å². The molecule has 0 aliphatic carbocycles. The van der Waals surface area contributed by atoms with Gasteiger partial charge in [-0.25, -0.2) is 0 Å². The van der Waals surface area contributed by atoms with E-state index in [1.807, 2.05) is 6.92 Å². The van der Waals surface area contributed by atoms with E-state index in [1.54, 1.807) is 6.08 Å². The van der Waals surface area contributed by atoms with E-state index in [0.717, 1.165) is 18.4 Å². The summed E-state index contributed by atoms with van der Waals surface area (Å²) in [6, 6.07) is 0. The van der Waals surface area contributed by atoms with E-state index in [1.165, 1.54) is 0 Å². The van der Waals surface area contributed by atoms with Gasteiger partial charge < -0.3 is 15.3 Å². The molecule has 0 aromatic rings. The van der Waals surface area contributed by atoms with Crippen molar-refractivity contribution in [2.24, 2.45) is 5.92 Å². The summed E-state index contributed by atoms with van der Waals surface area (Å²) in [5.74, 6) is 0.00662. The number of rotatable bonds is 6. The van der Waals surface area contributed by atoms with Gasteiger partial charge in [0.1, 0.15) is 0 Å². The number of aliphatic hydroxyl groups excluding tert-OH is 3. The molecule has 0 bridgehead atoms. The molecule has 0 saturated carbocycles. The van der Waals surface area contributed by atoms with Gasteiger partial charge in [-0.15, -0.1) is 0 Å². The molecule has 0 radical (unpaired) electrons. The van der Waals surface area contributed by atoms with E-state index in [-0.39, 0.29) is 25.7 Å². The van der Waals surface area contributed by atoms with Gasteiger partial charge >= 0.3 is 0 Å². The number of hydrogen-bond donors (Lipinski definition) is 3. The Morgan fingerprint density at radius 1 is 1.33 bits per heavy atom. The van der Waals surface area contributed by atoms with Gasteiger partial charge in [-0.3, -0.25) is 0 Å². The SMILES string of the molecule is CCCC(CO)C(=CCO)CO. The molecule has 0 aliphatic heterocycles. The second-order valence-corrected chi connectivity index (χ2v) is 2.79. The Kier molecular flexibility index (Phi) is 7.05. The zero-order chi connectivity index (χ0) is 9.40. The van der Waals surface area contributed by atoms with Gasteiger partial charge in [-0.1, -0.05) is 19.4 Å². The fourth-order valence-corrected chi connectivity index (χ4v) is 1.22. The molecule has 0 aromatic carbocycles. The highest BCUT2D eigenvalue weighted by molar-refractivity contribution is 5.07. The molecule has 72 valence electrons. The summed E-state index contributed by atoms with van der Waals surface area (Å²) >= 11 is 0. The predicted molar refractivity (Wildman–Crippen MR) is 47.7 cm³/mol. The Morgan fingerprint density at radius 3 is 2.33 bits per heavy atom. The topological polar surface area (TPSA) is 60.7 Å². The van der Waals surface area contributed by atoms with Crippen LogP contribution in [0.15, 0.2) is 11.6 Å². The molecule has 0 heterocycles. The van der Waals surface area contributed by atoms with Gasteiger partial charge in [-0.2, -0.15) is 0 Å². The first-order valence-corrected chi connectivity index (χ1v) is 4.31. The smallest absolute Gasteiger partial charge is 0.0646 e. The summed E-state index contributed by atoms with van der Waals surface area (Å²) in [6.45, 7) is 1.92. The number of hydrogen-bond acceptors (Lipinski definition) is 3. The van der Waals surface area contributed by atoms with Gasteiger partial charge in [0, 0.05) is 12.5 Å². The van der Waals surface area contributed by atoms with E-state index in [9.17, 15) is 0 Å². The predicted octanol–water partition coefficient (Wildman–Crippen LogP) is 0.306. The van der Waals surface area contributed by atoms with Crippen LogP contribution in [0.5, 0.6) is 0 Å². The summed E-state index contributed by atoms with van der Waals surface area (Å²) in [6.07, 6.45) is 3.38. The molecule has 12 heavy (non-hydrogen) atoms. The van der Waals surface area contributed by atoms with E-state index in [2.05, 4.69) is 0 Å². The molecule has 1 atom stereocenters. The number of aliphatic hydroxyl groups is 3. The van der Waals surface area contributed by atoms with Crippen molar-refractivity contribution >= 4 is 0 Å². The van der Waals surface area contributed by atoms with Crippen LogP contribution in [0, 0.1) is 5.92 Å². The van der Waals surface area contributed by atoms with Crippen molar-refractivity contribution in [1.29, 1.82) is 0 Å². The zero-order valence-electron chi connectivity index (χ0n) is 7.53. The van der Waals surface area contributed by atoms with Crippen LogP contribution in [0.4, 0.5) is 0 Å². The molecule has 0 rings (SSSR count). The first-order valence-electron chi connectivity index (χ1n) is 4.31. The fraction of sp³-hybridized carbons (Fsp3) is 0.778. The molecule has 0 aromatic heterocycles. The van der Waals surface area contributed by atoms with Crippen molar-refractivity contribution in [3.05, 3.63) is 11.6 Å². The molecular weight excluding hydrogens is 156 g/mol. The van der Waals surface area contributed by atoms with Crippen molar-refractivity contribution in [2.75, 3.05) is 19.8 Å². The van der Waals surface area contributed by atoms with Gasteiger partial charge in [0.25, 0.3) is 0 Å². The van der Waals surface area contributed by atoms with Gasteiger partial charge in [0.05, 0.1) is 13.2 Å². The third-order valence-electron chi connectivity index (χ3n) is 1.92. The monoisotopic (exact) mass is 174 g/mol. The summed E-state index contributed by atoms with van der Waals surface area (Å²) in [4.78, 5) is 0. The first kappa shape index (κ1) is 11.6. The van der Waals surface area contributed by atoms with E-state index in [4.69, 9.17) is 15.3 Å². The highest BCUT2D eigenvalue weighted by Gasteiger charge is 2.10. The Morgan fingerprint density at radius 2 is 2.00 bits per heavy atom. The van der Waals surface area contributed by atoms with Crippen LogP contribution >= 0.6 is 0 Å². The van der Waals surface area contributed by atoms with Gasteiger partial charge in [0.2, 0.25) is 0 Å². The van der Waals surface area contributed by atoms with Crippen LogP contribution in [-0.2, 0) is 0 Å². The van der Waals surface area contributed by atoms with Crippen LogP contribution in [0.25, 0.3) is 0 Å². The second-order valence-electron chi connectivity index (χ2n) is 2.79. The summed E-state index contributed by atoms with van der Waals surface area (Å²) < 4.78 is 0. The van der Waals surface area contributed by atoms with Crippen LogP contribution in [-0.4, -0.2) is 35.1 Å². The molecule has 0 saturated heterocycles. The maximum atomic E-state index is 8.95. The summed E-state index contributed by atoms with van der Waals surface area (Å²) in [5, 5.41) is 26.5. The lowest BCUT2D eigenvalue weighted by molar-refractivity contribution is 0.218. The lowest BCUT2D eigenvalue weighted by Gasteiger charge is -2.15. The Hall–Kier alpha value is -0.380. The molecule has 3 heteroatoms. The minimum Gasteiger partial charge on any atom is -0.396 e. The Balaban J connectivity index is 4.12. The maximum Gasteiger partial charge on any atom is 0.0646 e. The molecule has 0 amide bonds. The molecule has 3 N–H and O–H groups in total. The highest BCUT2D eigenvalue weighted by Crippen LogP contribution is 2.15. The quantitative estimate of drug-likeness (QED) is 0.508. The average Bonchev–Trinajstić information content (AvgIpc) is 2.11. The molecule has 0 aliphatic rings. The minimum absolute atomic E-state index is 0.00662. The van der Waals surface area contributed by atoms with Gasteiger partial charge in [-0.05, 0) is 12.0 Å². The normalized spacial score (nSPS) is 14.8. The fourth-order valence-electron chi connectivity index (χ4n) is 1.22. The molecule has 0 spiro atoms. The summed E-state index contributed by atoms with van der Waals surface area (Å²) in [5.41, 5.74) is 0.738. The largest absolute Gasteiger partial charge is 0.396 e. The third kappa shape index (κ3) is 3.85. The molecule has 1 unspecified atom stereocenters. The van der Waals surface area contributed by atoms with Crippen LogP contribution in [0.1, 0.15) is 19.8 Å². The second kappa shape index (κ2) is 7.28. The van der Waals surface area contributed by atoms with Crippen LogP contribution in [0.3, 0.4) is 0 Å². The Bertz CT molecular complexity index is 132. The van der Waals surface area contributed by atoms with E-state index >= 15 is 0 Å². The van der Waals surface area contributed by atoms with Crippen molar-refractivity contribution in [3.8, 4) is 0 Å². The lowest BCUT2D eigenvalue weighted by Crippen LogP contribution is -2.12. The van der Waals surface area contributed by atoms with Crippen molar-refractivity contribution in [2.45, 2.75) is 19.8 Å². The minimum atomic E-state index is -0.0776. The third-order valence-corrected chi connectivity index (χ3v) is 1.92. The molecule has 3 nitrogen and oxygen atoms in total. The first-order chi connectivity index (χ1) is 5.79. The van der Waals surface area contributed by atoms with E-state index < -0.39 is 0 Å². The lowest BCUT2D eigenvalue weighted by atomic mass is 9.95. The molecular formula is C9H18O3. The average molecular weight is 174 g/mol. The van der Waals surface area contributed by atoms with Crippen molar-refractivity contribution < 1.29 is 15.3 Å². The summed E-state index contributed by atoms with van der Waals surface area (Å²) in [7, 11) is 0. The Labute approximate surface area is 73.4 Å². The highest BCUT2D eigenvalue weighted by atomic mass is 16.3. The van der Waals surface area contributed by atoms with Crippen molar-refractivity contribution in [1.82, 2.24) is 0 Å². The zero-order valence-corrected chi connectivity index (χ0v) is 7.53. The van der Waals surface area contributed by atoms with Gasteiger partial charge in [0.15, 0.2) is 0 Å². The maximum absolute atomic E-state index is 8.95. The van der Waals surface area contributed by atoms with Crippen LogP contribution in [0.2, 0.25) is 0 Å². The van der Waals surface area contributed by atoms with E-state index in [0.29, 0.717) is 0 Å².